The second-order valence-electron chi connectivity index (χ2n) is 4.74. The number of benzene rings is 1. The Labute approximate surface area is 123 Å². The quantitative estimate of drug-likeness (QED) is 0.790. The van der Waals surface area contributed by atoms with Crippen LogP contribution in [0.15, 0.2) is 17.0 Å². The average Bonchev–Trinajstić information content (AvgIpc) is 2.36. The summed E-state index contributed by atoms with van der Waals surface area (Å²) in [5, 5.41) is 9.25. The Morgan fingerprint density at radius 3 is 2.24 bits per heavy atom. The van der Waals surface area contributed by atoms with E-state index in [2.05, 4.69) is 4.72 Å². The van der Waals surface area contributed by atoms with Crippen molar-refractivity contribution in [2.75, 3.05) is 14.2 Å². The largest absolute Gasteiger partial charge is 0.493 e. The van der Waals surface area contributed by atoms with Crippen LogP contribution in [0.25, 0.3) is 0 Å². The Morgan fingerprint density at radius 1 is 1.24 bits per heavy atom. The Kier molecular flexibility index (Phi) is 5.94. The standard InChI is InChI=1S/C13H20FNO5S/c1-8(5-9(2)16)15-21(17,18)13-7-12(20-4)11(19-3)6-10(13)14/h6-9,15-16H,5H2,1-4H3. The van der Waals surface area contributed by atoms with Crippen LogP contribution in [-0.4, -0.2) is 39.9 Å². The number of rotatable bonds is 7. The first-order valence-electron chi connectivity index (χ1n) is 6.33. The molecule has 6 nitrogen and oxygen atoms in total. The normalized spacial score (nSPS) is 14.6. The van der Waals surface area contributed by atoms with Gasteiger partial charge in [-0.1, -0.05) is 0 Å². The SMILES string of the molecule is COc1cc(F)c(S(=O)(=O)NC(C)CC(C)O)cc1OC. The van der Waals surface area contributed by atoms with Crippen molar-refractivity contribution >= 4 is 10.0 Å². The lowest BCUT2D eigenvalue weighted by atomic mass is 10.2. The Morgan fingerprint density at radius 2 is 1.76 bits per heavy atom. The van der Waals surface area contributed by atoms with Gasteiger partial charge in [0.15, 0.2) is 11.5 Å². The molecular formula is C13H20FNO5S. The van der Waals surface area contributed by atoms with Gasteiger partial charge in [-0.05, 0) is 20.3 Å². The zero-order valence-electron chi connectivity index (χ0n) is 12.4. The Hall–Kier alpha value is -1.38. The second-order valence-corrected chi connectivity index (χ2v) is 6.43. The van der Waals surface area contributed by atoms with Gasteiger partial charge < -0.3 is 14.6 Å². The molecule has 0 saturated heterocycles. The van der Waals surface area contributed by atoms with E-state index in [0.29, 0.717) is 0 Å². The van der Waals surface area contributed by atoms with Crippen molar-refractivity contribution in [3.8, 4) is 11.5 Å². The molecule has 1 aromatic rings. The fourth-order valence-electron chi connectivity index (χ4n) is 1.93. The molecule has 21 heavy (non-hydrogen) atoms. The van der Waals surface area contributed by atoms with Gasteiger partial charge in [0.25, 0.3) is 0 Å². The summed E-state index contributed by atoms with van der Waals surface area (Å²) in [4.78, 5) is -0.530. The highest BCUT2D eigenvalue weighted by Gasteiger charge is 2.24. The van der Waals surface area contributed by atoms with Gasteiger partial charge in [0.1, 0.15) is 10.7 Å². The molecule has 8 heteroatoms. The monoisotopic (exact) mass is 321 g/mol. The van der Waals surface area contributed by atoms with Gasteiger partial charge in [-0.15, -0.1) is 0 Å². The third kappa shape index (κ3) is 4.55. The van der Waals surface area contributed by atoms with Crippen molar-refractivity contribution in [3.05, 3.63) is 17.9 Å². The van der Waals surface area contributed by atoms with Crippen LogP contribution in [0.3, 0.4) is 0 Å². The van der Waals surface area contributed by atoms with Crippen molar-refractivity contribution in [1.82, 2.24) is 4.72 Å². The summed E-state index contributed by atoms with van der Waals surface area (Å²) in [7, 11) is -1.41. The zero-order chi connectivity index (χ0) is 16.2. The summed E-state index contributed by atoms with van der Waals surface area (Å²) in [6.07, 6.45) is -0.452. The van der Waals surface area contributed by atoms with E-state index in [1.165, 1.54) is 14.2 Å². The van der Waals surface area contributed by atoms with Crippen molar-refractivity contribution in [3.63, 3.8) is 0 Å². The first kappa shape index (κ1) is 17.7. The van der Waals surface area contributed by atoms with Crippen LogP contribution >= 0.6 is 0 Å². The number of hydrogen-bond donors (Lipinski definition) is 2. The summed E-state index contributed by atoms with van der Waals surface area (Å²) in [5.74, 6) is -0.724. The predicted molar refractivity (Wildman–Crippen MR) is 75.6 cm³/mol. The highest BCUT2D eigenvalue weighted by molar-refractivity contribution is 7.89. The van der Waals surface area contributed by atoms with E-state index in [4.69, 9.17) is 9.47 Å². The second kappa shape index (κ2) is 7.06. The highest BCUT2D eigenvalue weighted by Crippen LogP contribution is 2.31. The molecule has 0 aromatic heterocycles. The molecule has 120 valence electrons. The van der Waals surface area contributed by atoms with Crippen LogP contribution in [0.2, 0.25) is 0 Å². The van der Waals surface area contributed by atoms with Crippen LogP contribution in [0, 0.1) is 5.82 Å². The van der Waals surface area contributed by atoms with Crippen molar-refractivity contribution in [2.45, 2.75) is 37.3 Å². The lowest BCUT2D eigenvalue weighted by Crippen LogP contribution is -2.35. The summed E-state index contributed by atoms with van der Waals surface area (Å²) < 4.78 is 50.5. The zero-order valence-corrected chi connectivity index (χ0v) is 13.2. The molecule has 0 amide bonds. The van der Waals surface area contributed by atoms with Crippen LogP contribution in [-0.2, 0) is 10.0 Å². The fraction of sp³-hybridized carbons (Fsp3) is 0.538. The van der Waals surface area contributed by atoms with Gasteiger partial charge in [0.05, 0.1) is 20.3 Å². The van der Waals surface area contributed by atoms with Crippen LogP contribution in [0.1, 0.15) is 20.3 Å². The first-order chi connectivity index (χ1) is 9.71. The van der Waals surface area contributed by atoms with Gasteiger partial charge in [-0.25, -0.2) is 17.5 Å². The summed E-state index contributed by atoms with van der Waals surface area (Å²) in [6.45, 7) is 3.13. The molecule has 0 aliphatic heterocycles. The molecular weight excluding hydrogens is 301 g/mol. The maximum atomic E-state index is 14.0. The van der Waals surface area contributed by atoms with E-state index in [9.17, 15) is 17.9 Å². The van der Waals surface area contributed by atoms with Crippen molar-refractivity contribution < 1.29 is 27.4 Å². The molecule has 0 radical (unpaired) electrons. The molecule has 0 heterocycles. The van der Waals surface area contributed by atoms with Gasteiger partial charge in [-0.3, -0.25) is 0 Å². The van der Waals surface area contributed by atoms with E-state index in [1.54, 1.807) is 13.8 Å². The molecule has 1 rings (SSSR count). The highest BCUT2D eigenvalue weighted by atomic mass is 32.2. The number of nitrogens with one attached hydrogen (secondary N) is 1. The molecule has 2 unspecified atom stereocenters. The molecule has 0 aliphatic carbocycles. The van der Waals surface area contributed by atoms with E-state index >= 15 is 0 Å². The third-order valence-electron chi connectivity index (χ3n) is 2.78. The Bertz CT molecular complexity index is 588. The molecule has 0 aliphatic rings. The van der Waals surface area contributed by atoms with E-state index < -0.39 is 32.9 Å². The maximum absolute atomic E-state index is 14.0. The smallest absolute Gasteiger partial charge is 0.243 e. The molecule has 0 bridgehead atoms. The topological polar surface area (TPSA) is 84.9 Å². The first-order valence-corrected chi connectivity index (χ1v) is 7.81. The molecule has 2 atom stereocenters. The van der Waals surface area contributed by atoms with E-state index in [-0.39, 0.29) is 17.9 Å². The molecule has 2 N–H and O–H groups in total. The molecule has 0 spiro atoms. The molecule has 0 saturated carbocycles. The number of sulfonamides is 1. The molecule has 0 fully saturated rings. The number of methoxy groups -OCH3 is 2. The van der Waals surface area contributed by atoms with Gasteiger partial charge in [0, 0.05) is 18.2 Å². The van der Waals surface area contributed by atoms with Crippen LogP contribution in [0.5, 0.6) is 11.5 Å². The summed E-state index contributed by atoms with van der Waals surface area (Å²) >= 11 is 0. The summed E-state index contributed by atoms with van der Waals surface area (Å²) in [5.41, 5.74) is 0. The van der Waals surface area contributed by atoms with Crippen molar-refractivity contribution in [2.24, 2.45) is 0 Å². The van der Waals surface area contributed by atoms with E-state index in [1.807, 2.05) is 0 Å². The number of aliphatic hydroxyl groups excluding tert-OH is 1. The third-order valence-corrected chi connectivity index (χ3v) is 4.38. The lowest BCUT2D eigenvalue weighted by molar-refractivity contribution is 0.175. The lowest BCUT2D eigenvalue weighted by Gasteiger charge is -2.17. The fourth-order valence-corrected chi connectivity index (χ4v) is 3.26. The minimum atomic E-state index is -4.07. The number of ether oxygens (including phenoxy) is 2. The number of aliphatic hydroxyl groups is 1. The number of halogens is 1. The van der Waals surface area contributed by atoms with Crippen LogP contribution in [0.4, 0.5) is 4.39 Å². The predicted octanol–water partition coefficient (Wildman–Crippen LogP) is 1.28. The average molecular weight is 321 g/mol. The minimum Gasteiger partial charge on any atom is -0.493 e. The van der Waals surface area contributed by atoms with Gasteiger partial charge in [0.2, 0.25) is 10.0 Å². The van der Waals surface area contributed by atoms with Crippen LogP contribution < -0.4 is 14.2 Å². The molecule has 1 aromatic carbocycles. The maximum Gasteiger partial charge on any atom is 0.243 e. The summed E-state index contributed by atoms with van der Waals surface area (Å²) in [6, 6.07) is 1.47. The van der Waals surface area contributed by atoms with Gasteiger partial charge in [-0.2, -0.15) is 0 Å². The van der Waals surface area contributed by atoms with Crippen molar-refractivity contribution in [1.29, 1.82) is 0 Å². The Balaban J connectivity index is 3.13. The minimum absolute atomic E-state index is 0.103. The van der Waals surface area contributed by atoms with Gasteiger partial charge >= 0.3 is 0 Å². The van der Waals surface area contributed by atoms with E-state index in [0.717, 1.165) is 12.1 Å². The number of hydrogen-bond acceptors (Lipinski definition) is 5.